The Kier molecular flexibility index (Phi) is 14.4. The molecule has 0 saturated carbocycles. The monoisotopic (exact) mass is 296 g/mol. The van der Waals surface area contributed by atoms with E-state index in [4.69, 9.17) is 27.9 Å². The number of hydrogen-bond donors (Lipinski definition) is 0. The molecule has 0 bridgehead atoms. The summed E-state index contributed by atoms with van der Waals surface area (Å²) in [6, 6.07) is 0. The molecule has 3 heteroatoms. The fraction of sp³-hybridized carbons (Fsp3) is 1.00. The Morgan fingerprint density at radius 3 is 1.94 bits per heavy atom. The Morgan fingerprint density at radius 1 is 0.833 bits per heavy atom. The molecule has 0 aliphatic carbocycles. The van der Waals surface area contributed by atoms with Gasteiger partial charge in [0.15, 0.2) is 0 Å². The molecule has 0 aliphatic rings. The van der Waals surface area contributed by atoms with Crippen molar-refractivity contribution < 1.29 is 4.74 Å². The van der Waals surface area contributed by atoms with Crippen LogP contribution >= 0.6 is 23.2 Å². The molecule has 0 aromatic heterocycles. The third-order valence-electron chi connectivity index (χ3n) is 3.20. The highest BCUT2D eigenvalue weighted by molar-refractivity contribution is 6.44. The first kappa shape index (κ1) is 18.5. The van der Waals surface area contributed by atoms with Gasteiger partial charge in [-0.15, -0.1) is 23.2 Å². The summed E-state index contributed by atoms with van der Waals surface area (Å²) in [5, 5.41) is 0. The summed E-state index contributed by atoms with van der Waals surface area (Å²) in [5.41, 5.74) is 0. The maximum absolute atomic E-state index is 5.64. The van der Waals surface area contributed by atoms with Crippen LogP contribution in [0.25, 0.3) is 0 Å². The lowest BCUT2D eigenvalue weighted by molar-refractivity contribution is 0.0584. The van der Waals surface area contributed by atoms with Crippen molar-refractivity contribution in [3.63, 3.8) is 0 Å². The fourth-order valence-electron chi connectivity index (χ4n) is 2.01. The van der Waals surface area contributed by atoms with Crippen molar-refractivity contribution in [3.8, 4) is 0 Å². The Balaban J connectivity index is 3.12. The average Bonchev–Trinajstić information content (AvgIpc) is 2.32. The largest absolute Gasteiger partial charge is 0.378 e. The van der Waals surface area contributed by atoms with Crippen LogP contribution in [0.4, 0.5) is 0 Å². The second-order valence-electron chi connectivity index (χ2n) is 5.12. The zero-order valence-electron chi connectivity index (χ0n) is 12.1. The fourth-order valence-corrected chi connectivity index (χ4v) is 2.19. The van der Waals surface area contributed by atoms with E-state index in [-0.39, 0.29) is 4.84 Å². The van der Waals surface area contributed by atoms with Crippen LogP contribution in [0.1, 0.15) is 78.1 Å². The third-order valence-corrected chi connectivity index (χ3v) is 3.64. The van der Waals surface area contributed by atoms with E-state index in [1.807, 2.05) is 0 Å². The van der Waals surface area contributed by atoms with Gasteiger partial charge in [-0.3, -0.25) is 0 Å². The van der Waals surface area contributed by atoms with E-state index in [0.29, 0.717) is 12.7 Å². The van der Waals surface area contributed by atoms with E-state index in [1.54, 1.807) is 0 Å². The molecule has 0 fully saturated rings. The van der Waals surface area contributed by atoms with Crippen LogP contribution in [-0.2, 0) is 4.74 Å². The molecule has 0 spiro atoms. The van der Waals surface area contributed by atoms with Crippen molar-refractivity contribution in [1.29, 1.82) is 0 Å². The molecule has 0 aromatic rings. The number of ether oxygens (including phenoxy) is 1. The number of alkyl halides is 2. The summed E-state index contributed by atoms with van der Waals surface area (Å²) in [7, 11) is 0. The van der Waals surface area contributed by atoms with Crippen molar-refractivity contribution in [1.82, 2.24) is 0 Å². The standard InChI is InChI=1S/C15H30Cl2O/c1-3-4-5-6-7-8-9-10-11-14(2)18-13-12-15(16)17/h14-15H,3-13H2,1-2H3. The molecule has 1 atom stereocenters. The van der Waals surface area contributed by atoms with E-state index in [0.717, 1.165) is 12.8 Å². The predicted molar refractivity (Wildman–Crippen MR) is 82.8 cm³/mol. The summed E-state index contributed by atoms with van der Waals surface area (Å²) in [4.78, 5) is -0.291. The van der Waals surface area contributed by atoms with Gasteiger partial charge in [-0.25, -0.2) is 0 Å². The minimum absolute atomic E-state index is 0.291. The molecule has 110 valence electrons. The van der Waals surface area contributed by atoms with Gasteiger partial charge in [0, 0.05) is 13.0 Å². The Hall–Kier alpha value is 0.540. The first-order chi connectivity index (χ1) is 8.66. The van der Waals surface area contributed by atoms with E-state index >= 15 is 0 Å². The van der Waals surface area contributed by atoms with Crippen molar-refractivity contribution in [2.24, 2.45) is 0 Å². The molecule has 0 amide bonds. The van der Waals surface area contributed by atoms with Crippen LogP contribution in [0.2, 0.25) is 0 Å². The molecular weight excluding hydrogens is 267 g/mol. The van der Waals surface area contributed by atoms with Gasteiger partial charge in [-0.1, -0.05) is 58.3 Å². The molecule has 0 aromatic carbocycles. The van der Waals surface area contributed by atoms with Crippen molar-refractivity contribution in [3.05, 3.63) is 0 Å². The summed E-state index contributed by atoms with van der Waals surface area (Å²) in [6.45, 7) is 5.08. The lowest BCUT2D eigenvalue weighted by Gasteiger charge is -2.13. The van der Waals surface area contributed by atoms with Gasteiger partial charge in [0.05, 0.1) is 6.10 Å². The number of unbranched alkanes of at least 4 members (excludes halogenated alkanes) is 7. The summed E-state index contributed by atoms with van der Waals surface area (Å²) in [5.74, 6) is 0. The smallest absolute Gasteiger partial charge is 0.110 e. The van der Waals surface area contributed by atoms with Crippen molar-refractivity contribution in [2.45, 2.75) is 89.0 Å². The summed E-state index contributed by atoms with van der Waals surface area (Å²) < 4.78 is 5.64. The van der Waals surface area contributed by atoms with Crippen LogP contribution in [0, 0.1) is 0 Å². The molecule has 0 radical (unpaired) electrons. The summed E-state index contributed by atoms with van der Waals surface area (Å²) >= 11 is 11.3. The lowest BCUT2D eigenvalue weighted by Crippen LogP contribution is -2.10. The van der Waals surface area contributed by atoms with Gasteiger partial charge >= 0.3 is 0 Å². The minimum atomic E-state index is -0.291. The van der Waals surface area contributed by atoms with E-state index in [2.05, 4.69) is 13.8 Å². The third kappa shape index (κ3) is 14.6. The molecule has 0 aliphatic heterocycles. The molecule has 18 heavy (non-hydrogen) atoms. The van der Waals surface area contributed by atoms with Crippen LogP contribution < -0.4 is 0 Å². The second kappa shape index (κ2) is 14.0. The SMILES string of the molecule is CCCCCCCCCCC(C)OCCC(Cl)Cl. The molecule has 0 N–H and O–H groups in total. The topological polar surface area (TPSA) is 9.23 Å². The number of halogens is 2. The first-order valence-electron chi connectivity index (χ1n) is 7.56. The highest BCUT2D eigenvalue weighted by Crippen LogP contribution is 2.13. The van der Waals surface area contributed by atoms with E-state index < -0.39 is 0 Å². The zero-order chi connectivity index (χ0) is 13.6. The first-order valence-corrected chi connectivity index (χ1v) is 8.43. The van der Waals surface area contributed by atoms with Crippen molar-refractivity contribution >= 4 is 23.2 Å². The van der Waals surface area contributed by atoms with Gasteiger partial charge < -0.3 is 4.74 Å². The molecule has 0 saturated heterocycles. The normalized spacial score (nSPS) is 13.2. The molecule has 0 heterocycles. The molecule has 0 rings (SSSR count). The molecule has 1 nitrogen and oxygen atoms in total. The zero-order valence-corrected chi connectivity index (χ0v) is 13.6. The van der Waals surface area contributed by atoms with E-state index in [1.165, 1.54) is 51.4 Å². The van der Waals surface area contributed by atoms with Gasteiger partial charge in [0.1, 0.15) is 4.84 Å². The van der Waals surface area contributed by atoms with Crippen LogP contribution in [0.15, 0.2) is 0 Å². The summed E-state index contributed by atoms with van der Waals surface area (Å²) in [6.07, 6.45) is 13.2. The Morgan fingerprint density at radius 2 is 1.39 bits per heavy atom. The van der Waals surface area contributed by atoms with E-state index in [9.17, 15) is 0 Å². The van der Waals surface area contributed by atoms with Crippen LogP contribution in [0.3, 0.4) is 0 Å². The van der Waals surface area contributed by atoms with Gasteiger partial charge in [0.2, 0.25) is 0 Å². The highest BCUT2D eigenvalue weighted by atomic mass is 35.5. The number of rotatable bonds is 13. The highest BCUT2D eigenvalue weighted by Gasteiger charge is 2.04. The Labute approximate surface area is 124 Å². The maximum Gasteiger partial charge on any atom is 0.110 e. The van der Waals surface area contributed by atoms with Gasteiger partial charge in [0.25, 0.3) is 0 Å². The molecular formula is C15H30Cl2O. The second-order valence-corrected chi connectivity index (χ2v) is 6.40. The van der Waals surface area contributed by atoms with Crippen molar-refractivity contribution in [2.75, 3.05) is 6.61 Å². The quantitative estimate of drug-likeness (QED) is 0.294. The minimum Gasteiger partial charge on any atom is -0.378 e. The van der Waals surface area contributed by atoms with Crippen LogP contribution in [0.5, 0.6) is 0 Å². The lowest BCUT2D eigenvalue weighted by atomic mass is 10.1. The number of hydrogen-bond acceptors (Lipinski definition) is 1. The average molecular weight is 297 g/mol. The maximum atomic E-state index is 5.64. The Bertz CT molecular complexity index is 163. The van der Waals surface area contributed by atoms with Gasteiger partial charge in [-0.05, 0) is 13.3 Å². The van der Waals surface area contributed by atoms with Gasteiger partial charge in [-0.2, -0.15) is 0 Å². The predicted octanol–water partition coefficient (Wildman–Crippen LogP) is 6.12. The van der Waals surface area contributed by atoms with Crippen LogP contribution in [-0.4, -0.2) is 17.5 Å². The molecule has 1 unspecified atom stereocenters.